The third-order valence-electron chi connectivity index (χ3n) is 2.35. The SMILES string of the molecule is COc1ccc(Cl)cc1C(O)c1ccc(Cl)o1. The van der Waals surface area contributed by atoms with E-state index in [0.29, 0.717) is 22.1 Å². The zero-order valence-corrected chi connectivity index (χ0v) is 10.5. The Morgan fingerprint density at radius 2 is 2.00 bits per heavy atom. The Labute approximate surface area is 109 Å². The summed E-state index contributed by atoms with van der Waals surface area (Å²) in [5, 5.41) is 10.9. The van der Waals surface area contributed by atoms with Gasteiger partial charge in [-0.15, -0.1) is 0 Å². The molecule has 0 aliphatic heterocycles. The summed E-state index contributed by atoms with van der Waals surface area (Å²) in [7, 11) is 1.52. The molecule has 0 aliphatic carbocycles. The van der Waals surface area contributed by atoms with Gasteiger partial charge in [-0.05, 0) is 41.9 Å². The molecule has 5 heteroatoms. The molecule has 1 aromatic carbocycles. The predicted octanol–water partition coefficient (Wildman–Crippen LogP) is 3.68. The van der Waals surface area contributed by atoms with E-state index >= 15 is 0 Å². The van der Waals surface area contributed by atoms with Gasteiger partial charge in [-0.1, -0.05) is 11.6 Å². The molecule has 0 saturated heterocycles. The number of hydrogen-bond donors (Lipinski definition) is 1. The van der Waals surface area contributed by atoms with Gasteiger partial charge < -0.3 is 14.3 Å². The van der Waals surface area contributed by atoms with Crippen LogP contribution in [-0.4, -0.2) is 12.2 Å². The smallest absolute Gasteiger partial charge is 0.193 e. The quantitative estimate of drug-likeness (QED) is 0.927. The fraction of sp³-hybridized carbons (Fsp3) is 0.167. The van der Waals surface area contributed by atoms with Crippen molar-refractivity contribution in [3.05, 3.63) is 51.9 Å². The zero-order chi connectivity index (χ0) is 12.4. The molecule has 3 nitrogen and oxygen atoms in total. The van der Waals surface area contributed by atoms with Crippen molar-refractivity contribution >= 4 is 23.2 Å². The van der Waals surface area contributed by atoms with Gasteiger partial charge in [0, 0.05) is 10.6 Å². The Morgan fingerprint density at radius 3 is 2.59 bits per heavy atom. The number of hydrogen-bond acceptors (Lipinski definition) is 3. The van der Waals surface area contributed by atoms with Crippen LogP contribution < -0.4 is 4.74 Å². The summed E-state index contributed by atoms with van der Waals surface area (Å²) in [6.45, 7) is 0. The maximum Gasteiger partial charge on any atom is 0.193 e. The third kappa shape index (κ3) is 2.57. The fourth-order valence-electron chi connectivity index (χ4n) is 1.55. The minimum atomic E-state index is -0.962. The molecule has 1 atom stereocenters. The monoisotopic (exact) mass is 272 g/mol. The first-order valence-corrected chi connectivity index (χ1v) is 5.64. The lowest BCUT2D eigenvalue weighted by atomic mass is 10.1. The van der Waals surface area contributed by atoms with Crippen molar-refractivity contribution in [3.63, 3.8) is 0 Å². The van der Waals surface area contributed by atoms with Crippen molar-refractivity contribution < 1.29 is 14.3 Å². The molecule has 0 fully saturated rings. The Morgan fingerprint density at radius 1 is 1.24 bits per heavy atom. The molecule has 17 heavy (non-hydrogen) atoms. The van der Waals surface area contributed by atoms with Crippen LogP contribution in [0.15, 0.2) is 34.7 Å². The van der Waals surface area contributed by atoms with Crippen molar-refractivity contribution in [2.24, 2.45) is 0 Å². The number of furan rings is 1. The van der Waals surface area contributed by atoms with E-state index in [0.717, 1.165) is 0 Å². The normalized spacial score (nSPS) is 12.5. The van der Waals surface area contributed by atoms with Crippen molar-refractivity contribution in [3.8, 4) is 5.75 Å². The van der Waals surface area contributed by atoms with Crippen molar-refractivity contribution in [2.75, 3.05) is 7.11 Å². The van der Waals surface area contributed by atoms with Gasteiger partial charge in [0.05, 0.1) is 7.11 Å². The van der Waals surface area contributed by atoms with Gasteiger partial charge in [0.25, 0.3) is 0 Å². The summed E-state index contributed by atoms with van der Waals surface area (Å²) < 4.78 is 10.3. The van der Waals surface area contributed by atoms with Gasteiger partial charge in [-0.2, -0.15) is 0 Å². The Balaban J connectivity index is 2.42. The van der Waals surface area contributed by atoms with Gasteiger partial charge in [-0.3, -0.25) is 0 Å². The van der Waals surface area contributed by atoms with E-state index in [4.69, 9.17) is 32.4 Å². The summed E-state index contributed by atoms with van der Waals surface area (Å²) in [6, 6.07) is 8.17. The summed E-state index contributed by atoms with van der Waals surface area (Å²) in [4.78, 5) is 0. The van der Waals surface area contributed by atoms with E-state index in [1.807, 2.05) is 0 Å². The molecule has 1 N–H and O–H groups in total. The molecule has 1 aromatic heterocycles. The Kier molecular flexibility index (Phi) is 3.62. The van der Waals surface area contributed by atoms with Crippen LogP contribution in [0.25, 0.3) is 0 Å². The highest BCUT2D eigenvalue weighted by Gasteiger charge is 2.19. The van der Waals surface area contributed by atoms with Crippen LogP contribution in [0, 0.1) is 0 Å². The zero-order valence-electron chi connectivity index (χ0n) is 8.98. The largest absolute Gasteiger partial charge is 0.496 e. The molecule has 0 bridgehead atoms. The van der Waals surface area contributed by atoms with Gasteiger partial charge in [0.15, 0.2) is 5.22 Å². The standard InChI is InChI=1S/C12H10Cl2O3/c1-16-9-3-2-7(13)6-8(9)12(15)10-4-5-11(14)17-10/h2-6,12,15H,1H3. The van der Waals surface area contributed by atoms with Crippen molar-refractivity contribution in [1.82, 2.24) is 0 Å². The van der Waals surface area contributed by atoms with E-state index in [2.05, 4.69) is 0 Å². The molecule has 2 rings (SSSR count). The van der Waals surface area contributed by atoms with Crippen molar-refractivity contribution in [2.45, 2.75) is 6.10 Å². The second kappa shape index (κ2) is 5.00. The number of benzene rings is 1. The topological polar surface area (TPSA) is 42.6 Å². The Bertz CT molecular complexity index is 522. The lowest BCUT2D eigenvalue weighted by Crippen LogP contribution is -2.01. The van der Waals surface area contributed by atoms with Crippen molar-refractivity contribution in [1.29, 1.82) is 0 Å². The van der Waals surface area contributed by atoms with E-state index in [-0.39, 0.29) is 5.22 Å². The van der Waals surface area contributed by atoms with Gasteiger partial charge >= 0.3 is 0 Å². The molecule has 0 amide bonds. The lowest BCUT2D eigenvalue weighted by Gasteiger charge is -2.13. The maximum absolute atomic E-state index is 10.2. The molecule has 0 radical (unpaired) electrons. The molecule has 0 spiro atoms. The number of halogens is 2. The number of aliphatic hydroxyl groups excluding tert-OH is 1. The van der Waals surface area contributed by atoms with Crippen LogP contribution in [0.5, 0.6) is 5.75 Å². The van der Waals surface area contributed by atoms with Gasteiger partial charge in [0.2, 0.25) is 0 Å². The van der Waals surface area contributed by atoms with Crippen LogP contribution in [0.2, 0.25) is 10.2 Å². The number of methoxy groups -OCH3 is 1. The highest BCUT2D eigenvalue weighted by Crippen LogP contribution is 2.33. The number of rotatable bonds is 3. The first kappa shape index (κ1) is 12.3. The first-order chi connectivity index (χ1) is 8.11. The van der Waals surface area contributed by atoms with Crippen LogP contribution in [-0.2, 0) is 0 Å². The number of aliphatic hydroxyl groups is 1. The second-order valence-electron chi connectivity index (χ2n) is 3.43. The van der Waals surface area contributed by atoms with E-state index < -0.39 is 6.10 Å². The minimum absolute atomic E-state index is 0.222. The predicted molar refractivity (Wildman–Crippen MR) is 65.8 cm³/mol. The minimum Gasteiger partial charge on any atom is -0.496 e. The molecule has 1 heterocycles. The summed E-state index contributed by atoms with van der Waals surface area (Å²) >= 11 is 11.5. The summed E-state index contributed by atoms with van der Waals surface area (Å²) in [5.41, 5.74) is 0.533. The number of ether oxygens (including phenoxy) is 1. The molecular weight excluding hydrogens is 263 g/mol. The summed E-state index contributed by atoms with van der Waals surface area (Å²) in [6.07, 6.45) is -0.962. The van der Waals surface area contributed by atoms with Crippen LogP contribution in [0.1, 0.15) is 17.4 Å². The molecule has 0 saturated carbocycles. The third-order valence-corrected chi connectivity index (χ3v) is 2.79. The Hall–Kier alpha value is -1.16. The highest BCUT2D eigenvalue weighted by molar-refractivity contribution is 6.30. The average molecular weight is 273 g/mol. The van der Waals surface area contributed by atoms with Crippen LogP contribution in [0.3, 0.4) is 0 Å². The van der Waals surface area contributed by atoms with Gasteiger partial charge in [-0.25, -0.2) is 0 Å². The average Bonchev–Trinajstić information content (AvgIpc) is 2.75. The maximum atomic E-state index is 10.2. The highest BCUT2D eigenvalue weighted by atomic mass is 35.5. The molecule has 1 unspecified atom stereocenters. The molecule has 0 aliphatic rings. The van der Waals surface area contributed by atoms with E-state index in [1.165, 1.54) is 7.11 Å². The molecule has 90 valence electrons. The van der Waals surface area contributed by atoms with E-state index in [9.17, 15) is 5.11 Å². The van der Waals surface area contributed by atoms with Crippen LogP contribution >= 0.6 is 23.2 Å². The lowest BCUT2D eigenvalue weighted by molar-refractivity contribution is 0.185. The second-order valence-corrected chi connectivity index (χ2v) is 4.24. The molecule has 2 aromatic rings. The fourth-order valence-corrected chi connectivity index (χ4v) is 1.88. The van der Waals surface area contributed by atoms with Crippen LogP contribution in [0.4, 0.5) is 0 Å². The molecular formula is C12H10Cl2O3. The van der Waals surface area contributed by atoms with E-state index in [1.54, 1.807) is 30.3 Å². The van der Waals surface area contributed by atoms with Gasteiger partial charge in [0.1, 0.15) is 17.6 Å². The first-order valence-electron chi connectivity index (χ1n) is 4.88. The summed E-state index contributed by atoms with van der Waals surface area (Å²) in [5.74, 6) is 0.880.